The second-order valence-electron chi connectivity index (χ2n) is 4.48. The van der Waals surface area contributed by atoms with Crippen LogP contribution in [0.3, 0.4) is 0 Å². The van der Waals surface area contributed by atoms with Gasteiger partial charge in [0, 0.05) is 13.6 Å². The number of furan rings is 1. The Morgan fingerprint density at radius 1 is 1.40 bits per heavy atom. The van der Waals surface area contributed by atoms with E-state index in [2.05, 4.69) is 6.58 Å². The Hall–Kier alpha value is -1.60. The van der Waals surface area contributed by atoms with Gasteiger partial charge >= 0.3 is 5.97 Å². The molecule has 1 aromatic heterocycles. The van der Waals surface area contributed by atoms with Crippen LogP contribution in [0.25, 0.3) is 0 Å². The summed E-state index contributed by atoms with van der Waals surface area (Å²) in [6.07, 6.45) is 3.02. The number of carboxylic acids is 1. The minimum atomic E-state index is -3.88. The molecule has 0 aliphatic heterocycles. The van der Waals surface area contributed by atoms with Gasteiger partial charge in [-0.15, -0.1) is 6.58 Å². The van der Waals surface area contributed by atoms with E-state index in [0.717, 1.165) is 4.31 Å². The highest BCUT2D eigenvalue weighted by molar-refractivity contribution is 7.89. The monoisotopic (exact) mass is 301 g/mol. The van der Waals surface area contributed by atoms with Gasteiger partial charge in [0.1, 0.15) is 22.0 Å². The fourth-order valence-electron chi connectivity index (χ4n) is 1.96. The summed E-state index contributed by atoms with van der Waals surface area (Å²) >= 11 is 0. The van der Waals surface area contributed by atoms with Crippen LogP contribution in [-0.2, 0) is 10.0 Å². The van der Waals surface area contributed by atoms with Gasteiger partial charge in [0.15, 0.2) is 0 Å². The first-order valence-corrected chi connectivity index (χ1v) is 7.58. The molecule has 0 bridgehead atoms. The summed E-state index contributed by atoms with van der Waals surface area (Å²) in [6.45, 7) is 6.75. The van der Waals surface area contributed by atoms with Crippen LogP contribution in [0.2, 0.25) is 0 Å². The van der Waals surface area contributed by atoms with Gasteiger partial charge < -0.3 is 9.52 Å². The summed E-state index contributed by atoms with van der Waals surface area (Å²) in [5, 5.41) is 9.16. The Kier molecular flexibility index (Phi) is 5.13. The first kappa shape index (κ1) is 16.5. The van der Waals surface area contributed by atoms with Crippen molar-refractivity contribution in [1.82, 2.24) is 4.31 Å². The Morgan fingerprint density at radius 3 is 2.50 bits per heavy atom. The molecule has 0 aliphatic carbocycles. The molecule has 1 heterocycles. The van der Waals surface area contributed by atoms with E-state index < -0.39 is 16.0 Å². The van der Waals surface area contributed by atoms with Crippen LogP contribution in [0.1, 0.15) is 34.7 Å². The summed E-state index contributed by atoms with van der Waals surface area (Å²) in [5.41, 5.74) is -0.293. The number of carboxylic acid groups (broad SMARTS) is 1. The number of aryl methyl sites for hydroxylation is 2. The van der Waals surface area contributed by atoms with Crippen molar-refractivity contribution in [2.45, 2.75) is 31.6 Å². The molecule has 0 aromatic carbocycles. The van der Waals surface area contributed by atoms with Crippen molar-refractivity contribution in [3.63, 3.8) is 0 Å². The predicted octanol–water partition coefficient (Wildman–Crippen LogP) is 2.18. The maximum Gasteiger partial charge on any atom is 0.340 e. The highest BCUT2D eigenvalue weighted by atomic mass is 32.2. The maximum absolute atomic E-state index is 12.5. The fourth-order valence-corrected chi connectivity index (χ4v) is 3.53. The van der Waals surface area contributed by atoms with Crippen LogP contribution >= 0.6 is 0 Å². The number of aromatic carboxylic acids is 1. The molecule has 0 radical (unpaired) electrons. The van der Waals surface area contributed by atoms with Gasteiger partial charge in [-0.2, -0.15) is 0 Å². The lowest BCUT2D eigenvalue weighted by Gasteiger charge is -2.16. The zero-order valence-electron chi connectivity index (χ0n) is 11.8. The zero-order chi connectivity index (χ0) is 15.5. The predicted molar refractivity (Wildman–Crippen MR) is 74.4 cm³/mol. The minimum absolute atomic E-state index is 0.0908. The normalized spacial score (nSPS) is 11.8. The number of sulfonamides is 1. The third-order valence-corrected chi connectivity index (χ3v) is 4.98. The van der Waals surface area contributed by atoms with Crippen molar-refractivity contribution in [3.05, 3.63) is 29.7 Å². The SMILES string of the molecule is C=CCCCN(C)S(=O)(=O)c1c(C)oc(C)c1C(=O)O. The Balaban J connectivity index is 3.22. The molecule has 0 atom stereocenters. The number of nitrogens with zero attached hydrogens (tertiary/aromatic N) is 1. The van der Waals surface area contributed by atoms with Crippen molar-refractivity contribution in [1.29, 1.82) is 0 Å². The number of unbranched alkanes of at least 4 members (excludes halogenated alkanes) is 1. The molecule has 6 nitrogen and oxygen atoms in total. The summed E-state index contributed by atoms with van der Waals surface area (Å²) in [5.74, 6) is -1.12. The van der Waals surface area contributed by atoms with E-state index in [-0.39, 0.29) is 28.5 Å². The van der Waals surface area contributed by atoms with E-state index in [1.807, 2.05) is 0 Å². The second-order valence-corrected chi connectivity index (χ2v) is 6.46. The zero-order valence-corrected chi connectivity index (χ0v) is 12.7. The number of hydrogen-bond donors (Lipinski definition) is 1. The highest BCUT2D eigenvalue weighted by Gasteiger charge is 2.33. The van der Waals surface area contributed by atoms with Crippen molar-refractivity contribution in [3.8, 4) is 0 Å². The average Bonchev–Trinajstić information content (AvgIpc) is 2.64. The van der Waals surface area contributed by atoms with Gasteiger partial charge in [-0.25, -0.2) is 17.5 Å². The smallest absolute Gasteiger partial charge is 0.340 e. The topological polar surface area (TPSA) is 87.8 Å². The molecule has 0 spiro atoms. The van der Waals surface area contributed by atoms with E-state index in [1.165, 1.54) is 20.9 Å². The van der Waals surface area contributed by atoms with Crippen molar-refractivity contribution in [2.75, 3.05) is 13.6 Å². The number of rotatable bonds is 7. The highest BCUT2D eigenvalue weighted by Crippen LogP contribution is 2.28. The third-order valence-electron chi connectivity index (χ3n) is 2.97. The number of allylic oxidation sites excluding steroid dienone is 1. The van der Waals surface area contributed by atoms with Gasteiger partial charge in [-0.1, -0.05) is 6.08 Å². The minimum Gasteiger partial charge on any atom is -0.478 e. The van der Waals surface area contributed by atoms with Gasteiger partial charge in [-0.05, 0) is 26.7 Å². The van der Waals surface area contributed by atoms with E-state index in [4.69, 9.17) is 9.52 Å². The Bertz CT molecular complexity index is 615. The molecule has 0 unspecified atom stereocenters. The van der Waals surface area contributed by atoms with E-state index in [9.17, 15) is 13.2 Å². The fraction of sp³-hybridized carbons (Fsp3) is 0.462. The van der Waals surface area contributed by atoms with Crippen molar-refractivity contribution in [2.24, 2.45) is 0 Å². The number of hydrogen-bond acceptors (Lipinski definition) is 4. The third kappa shape index (κ3) is 3.10. The molecule has 20 heavy (non-hydrogen) atoms. The molecule has 0 saturated carbocycles. The molecular formula is C13H19NO5S. The summed E-state index contributed by atoms with van der Waals surface area (Å²) < 4.78 is 31.2. The standard InChI is InChI=1S/C13H19NO5S/c1-5-6-7-8-14(4)20(17,18)12-10(3)19-9(2)11(12)13(15)16/h5H,1,6-8H2,2-4H3,(H,15,16). The van der Waals surface area contributed by atoms with Gasteiger partial charge in [0.25, 0.3) is 0 Å². The molecule has 0 aliphatic rings. The molecule has 0 saturated heterocycles. The second kappa shape index (κ2) is 6.23. The lowest BCUT2D eigenvalue weighted by molar-refractivity contribution is 0.0691. The van der Waals surface area contributed by atoms with Crippen molar-refractivity contribution < 1.29 is 22.7 Å². The number of carbonyl (C=O) groups is 1. The molecule has 0 amide bonds. The largest absolute Gasteiger partial charge is 0.478 e. The Morgan fingerprint density at radius 2 is 2.00 bits per heavy atom. The lowest BCUT2D eigenvalue weighted by Crippen LogP contribution is -2.29. The van der Waals surface area contributed by atoms with E-state index >= 15 is 0 Å². The Labute approximate surface area is 118 Å². The van der Waals surface area contributed by atoms with E-state index in [0.29, 0.717) is 12.8 Å². The lowest BCUT2D eigenvalue weighted by atomic mass is 10.2. The van der Waals surface area contributed by atoms with Gasteiger partial charge in [-0.3, -0.25) is 0 Å². The molecule has 0 fully saturated rings. The van der Waals surface area contributed by atoms with Crippen LogP contribution in [0.4, 0.5) is 0 Å². The molecule has 1 aromatic rings. The quantitative estimate of drug-likeness (QED) is 0.616. The summed E-state index contributed by atoms with van der Waals surface area (Å²) in [7, 11) is -2.46. The molecule has 7 heteroatoms. The molecule has 1 N–H and O–H groups in total. The summed E-state index contributed by atoms with van der Waals surface area (Å²) in [6, 6.07) is 0. The van der Waals surface area contributed by atoms with Crippen LogP contribution in [0.5, 0.6) is 0 Å². The first-order valence-electron chi connectivity index (χ1n) is 6.14. The van der Waals surface area contributed by atoms with Crippen molar-refractivity contribution >= 4 is 16.0 Å². The molecule has 112 valence electrons. The maximum atomic E-state index is 12.5. The van der Waals surface area contributed by atoms with Gasteiger partial charge in [0.05, 0.1) is 0 Å². The van der Waals surface area contributed by atoms with Gasteiger partial charge in [0.2, 0.25) is 10.0 Å². The molecular weight excluding hydrogens is 282 g/mol. The first-order chi connectivity index (χ1) is 9.23. The summed E-state index contributed by atoms with van der Waals surface area (Å²) in [4.78, 5) is 11.0. The van der Waals surface area contributed by atoms with Crippen LogP contribution < -0.4 is 0 Å². The van der Waals surface area contributed by atoms with Crippen LogP contribution in [-0.4, -0.2) is 37.4 Å². The molecule has 1 rings (SSSR count). The van der Waals surface area contributed by atoms with E-state index in [1.54, 1.807) is 6.08 Å². The van der Waals surface area contributed by atoms with Crippen LogP contribution in [0, 0.1) is 13.8 Å². The average molecular weight is 301 g/mol. The van der Waals surface area contributed by atoms with Crippen LogP contribution in [0.15, 0.2) is 22.0 Å².